The summed E-state index contributed by atoms with van der Waals surface area (Å²) in [4.78, 5) is 25.2. The van der Waals surface area contributed by atoms with Crippen molar-refractivity contribution < 1.29 is 13.9 Å². The molecule has 3 N–H and O–H groups in total. The third-order valence-electron chi connectivity index (χ3n) is 5.62. The molecule has 2 aromatic carbocycles. The highest BCUT2D eigenvalue weighted by atomic mass is 35.5. The number of benzene rings is 2. The van der Waals surface area contributed by atoms with Crippen molar-refractivity contribution in [3.05, 3.63) is 88.2 Å². The number of carbonyl (C=O) groups is 1. The number of nitrogens with one attached hydrogen (secondary N) is 3. The quantitative estimate of drug-likeness (QED) is 0.334. The van der Waals surface area contributed by atoms with Crippen molar-refractivity contribution in [3.63, 3.8) is 0 Å². The van der Waals surface area contributed by atoms with Crippen molar-refractivity contribution >= 4 is 41.0 Å². The van der Waals surface area contributed by atoms with Gasteiger partial charge < -0.3 is 20.4 Å². The molecule has 35 heavy (non-hydrogen) atoms. The van der Waals surface area contributed by atoms with Gasteiger partial charge in [0.2, 0.25) is 0 Å². The lowest BCUT2D eigenvalue weighted by Gasteiger charge is -2.16. The first-order valence-electron chi connectivity index (χ1n) is 10.9. The fourth-order valence-corrected chi connectivity index (χ4v) is 4.24. The van der Waals surface area contributed by atoms with E-state index in [1.807, 2.05) is 12.1 Å². The molecule has 0 bridgehead atoms. The Balaban J connectivity index is 1.56. The van der Waals surface area contributed by atoms with Crippen LogP contribution >= 0.6 is 11.6 Å². The first kappa shape index (κ1) is 22.6. The molecule has 4 aromatic rings. The van der Waals surface area contributed by atoms with Gasteiger partial charge in [0.25, 0.3) is 5.91 Å². The van der Waals surface area contributed by atoms with E-state index in [1.165, 1.54) is 19.2 Å². The summed E-state index contributed by atoms with van der Waals surface area (Å²) in [6.45, 7) is 0.543. The molecule has 0 fully saturated rings. The minimum Gasteiger partial charge on any atom is -0.493 e. The molecule has 5 rings (SSSR count). The molecule has 176 valence electrons. The second-order valence-electron chi connectivity index (χ2n) is 7.87. The summed E-state index contributed by atoms with van der Waals surface area (Å²) in [6, 6.07) is 13.3. The van der Waals surface area contributed by atoms with E-state index in [-0.39, 0.29) is 11.7 Å². The Hall–Kier alpha value is -4.17. The normalized spacial score (nSPS) is 12.9. The lowest BCUT2D eigenvalue weighted by molar-refractivity contribution is 0.0947. The first-order valence-corrected chi connectivity index (χ1v) is 11.3. The van der Waals surface area contributed by atoms with Crippen LogP contribution in [-0.2, 0) is 6.42 Å². The van der Waals surface area contributed by atoms with E-state index >= 15 is 0 Å². The Morgan fingerprint density at radius 1 is 1.14 bits per heavy atom. The van der Waals surface area contributed by atoms with E-state index in [0.29, 0.717) is 57.9 Å². The van der Waals surface area contributed by atoms with Gasteiger partial charge in [-0.05, 0) is 42.0 Å². The summed E-state index contributed by atoms with van der Waals surface area (Å²) in [6.07, 6.45) is 5.86. The van der Waals surface area contributed by atoms with Gasteiger partial charge >= 0.3 is 0 Å². The number of hydrogen-bond acceptors (Lipinski definition) is 5. The Morgan fingerprint density at radius 2 is 1.97 bits per heavy atom. The maximum Gasteiger partial charge on any atom is 0.255 e. The van der Waals surface area contributed by atoms with Crippen LogP contribution in [0, 0.1) is 5.82 Å². The smallest absolute Gasteiger partial charge is 0.255 e. The van der Waals surface area contributed by atoms with Crippen molar-refractivity contribution in [1.29, 1.82) is 0 Å². The van der Waals surface area contributed by atoms with Crippen molar-refractivity contribution in [2.45, 2.75) is 6.42 Å². The van der Waals surface area contributed by atoms with E-state index < -0.39 is 0 Å². The van der Waals surface area contributed by atoms with Gasteiger partial charge in [-0.1, -0.05) is 35.9 Å². The minimum atomic E-state index is -0.295. The van der Waals surface area contributed by atoms with Crippen LogP contribution in [0.2, 0.25) is 5.02 Å². The number of aromatic nitrogens is 3. The van der Waals surface area contributed by atoms with Gasteiger partial charge in [0.1, 0.15) is 5.82 Å². The van der Waals surface area contributed by atoms with Crippen LogP contribution in [0.15, 0.2) is 54.7 Å². The predicted molar refractivity (Wildman–Crippen MR) is 134 cm³/mol. The number of amides is 1. The number of para-hydroxylation sites is 1. The van der Waals surface area contributed by atoms with Crippen molar-refractivity contribution in [2.75, 3.05) is 19.0 Å². The lowest BCUT2D eigenvalue weighted by Crippen LogP contribution is -2.31. The molecule has 1 aliphatic heterocycles. The minimum absolute atomic E-state index is 0.178. The first-order chi connectivity index (χ1) is 17.0. The molecule has 0 unspecified atom stereocenters. The average molecular weight is 490 g/mol. The SMILES string of the molecule is COc1c(Cl)cccc1Nc1c(-c2ccnc(/C=C/c3ccc(F)cc3)n2)[nH]c2c1C(=O)NCC2. The van der Waals surface area contributed by atoms with Crippen molar-refractivity contribution in [1.82, 2.24) is 20.3 Å². The van der Waals surface area contributed by atoms with Crippen LogP contribution in [0.1, 0.15) is 27.4 Å². The van der Waals surface area contributed by atoms with Gasteiger partial charge in [-0.15, -0.1) is 0 Å². The number of halogens is 2. The monoisotopic (exact) mass is 489 g/mol. The van der Waals surface area contributed by atoms with Gasteiger partial charge in [-0.3, -0.25) is 4.79 Å². The topological polar surface area (TPSA) is 91.9 Å². The fourth-order valence-electron chi connectivity index (χ4n) is 3.98. The number of methoxy groups -OCH3 is 1. The van der Waals surface area contributed by atoms with Gasteiger partial charge in [0.15, 0.2) is 11.6 Å². The molecule has 0 aliphatic carbocycles. The second kappa shape index (κ2) is 9.60. The summed E-state index contributed by atoms with van der Waals surface area (Å²) in [7, 11) is 1.54. The van der Waals surface area contributed by atoms with Crippen LogP contribution in [-0.4, -0.2) is 34.5 Å². The van der Waals surface area contributed by atoms with Gasteiger partial charge in [0.05, 0.1) is 40.5 Å². The van der Waals surface area contributed by atoms with E-state index in [4.69, 9.17) is 16.3 Å². The van der Waals surface area contributed by atoms with Gasteiger partial charge in [0, 0.05) is 24.9 Å². The number of H-pyrrole nitrogens is 1. The third kappa shape index (κ3) is 4.61. The Morgan fingerprint density at radius 3 is 2.77 bits per heavy atom. The predicted octanol–water partition coefficient (Wildman–Crippen LogP) is 5.47. The highest BCUT2D eigenvalue weighted by molar-refractivity contribution is 6.32. The van der Waals surface area contributed by atoms with Gasteiger partial charge in [-0.25, -0.2) is 14.4 Å². The fraction of sp³-hybridized carbons (Fsp3) is 0.115. The molecule has 0 saturated carbocycles. The number of anilines is 2. The summed E-state index contributed by atoms with van der Waals surface area (Å²) >= 11 is 6.31. The molecule has 0 atom stereocenters. The summed E-state index contributed by atoms with van der Waals surface area (Å²) in [5, 5.41) is 6.68. The molecular formula is C26H21ClFN5O2. The second-order valence-corrected chi connectivity index (χ2v) is 8.27. The lowest BCUT2D eigenvalue weighted by atomic mass is 10.1. The summed E-state index contributed by atoms with van der Waals surface area (Å²) in [5.74, 6) is 0.464. The Kier molecular flexibility index (Phi) is 6.20. The van der Waals surface area contributed by atoms with E-state index in [1.54, 1.807) is 42.6 Å². The van der Waals surface area contributed by atoms with Crippen LogP contribution in [0.5, 0.6) is 5.75 Å². The molecule has 1 aliphatic rings. The molecule has 0 saturated heterocycles. The van der Waals surface area contributed by atoms with Crippen molar-refractivity contribution in [3.8, 4) is 17.1 Å². The maximum atomic E-state index is 13.2. The summed E-state index contributed by atoms with van der Waals surface area (Å²) < 4.78 is 18.7. The van der Waals surface area contributed by atoms with Crippen molar-refractivity contribution in [2.24, 2.45) is 0 Å². The van der Waals surface area contributed by atoms with Crippen LogP contribution < -0.4 is 15.4 Å². The number of fused-ring (bicyclic) bond motifs is 1. The number of ether oxygens (including phenoxy) is 1. The van der Waals surface area contributed by atoms with Crippen LogP contribution in [0.3, 0.4) is 0 Å². The molecule has 2 aromatic heterocycles. The molecule has 0 spiro atoms. The molecule has 1 amide bonds. The van der Waals surface area contributed by atoms with E-state index in [2.05, 4.69) is 25.6 Å². The van der Waals surface area contributed by atoms with E-state index in [9.17, 15) is 9.18 Å². The maximum absolute atomic E-state index is 13.2. The number of carbonyl (C=O) groups excluding carboxylic acids is 1. The number of aromatic amines is 1. The van der Waals surface area contributed by atoms with Crippen LogP contribution in [0.4, 0.5) is 15.8 Å². The number of hydrogen-bond donors (Lipinski definition) is 3. The number of nitrogens with zero attached hydrogens (tertiary/aromatic N) is 2. The number of rotatable bonds is 6. The Bertz CT molecular complexity index is 1430. The molecule has 3 heterocycles. The standard InChI is InChI=1S/C26H21ClFN5O2/c1-35-25-17(27)3-2-4-20(25)33-24-22-18(11-14-30-26(22)34)32-23(24)19-12-13-29-21(31-19)10-7-15-5-8-16(28)9-6-15/h2-10,12-13,32-33H,11,14H2,1H3,(H,30,34)/b10-7+. The zero-order chi connectivity index (χ0) is 24.4. The molecular weight excluding hydrogens is 469 g/mol. The zero-order valence-corrected chi connectivity index (χ0v) is 19.5. The van der Waals surface area contributed by atoms with Gasteiger partial charge in [-0.2, -0.15) is 0 Å². The average Bonchev–Trinajstić information content (AvgIpc) is 3.24. The largest absolute Gasteiger partial charge is 0.493 e. The molecule has 9 heteroatoms. The highest BCUT2D eigenvalue weighted by Gasteiger charge is 2.28. The Labute approximate surface area is 206 Å². The molecule has 0 radical (unpaired) electrons. The van der Waals surface area contributed by atoms with E-state index in [0.717, 1.165) is 11.3 Å². The summed E-state index contributed by atoms with van der Waals surface area (Å²) in [5.41, 5.74) is 4.60. The molecule has 7 nitrogen and oxygen atoms in total. The zero-order valence-electron chi connectivity index (χ0n) is 18.7. The highest BCUT2D eigenvalue weighted by Crippen LogP contribution is 2.40. The third-order valence-corrected chi connectivity index (χ3v) is 5.92. The van der Waals surface area contributed by atoms with Crippen LogP contribution in [0.25, 0.3) is 23.5 Å².